The van der Waals surface area contributed by atoms with Crippen molar-refractivity contribution in [3.05, 3.63) is 59.9 Å². The van der Waals surface area contributed by atoms with Crippen LogP contribution in [0.2, 0.25) is 0 Å². The van der Waals surface area contributed by atoms with Crippen LogP contribution >= 0.6 is 0 Å². The first-order valence-corrected chi connectivity index (χ1v) is 6.66. The van der Waals surface area contributed by atoms with Crippen LogP contribution in [0.4, 0.5) is 0 Å². The molecule has 19 heavy (non-hydrogen) atoms. The van der Waals surface area contributed by atoms with Gasteiger partial charge in [-0.25, -0.2) is 5.43 Å². The Bertz CT molecular complexity index is 606. The predicted octanol–water partition coefficient (Wildman–Crippen LogP) is 3.04. The third-order valence-electron chi connectivity index (χ3n) is 3.52. The normalized spacial score (nSPS) is 16.8. The number of ether oxygens (including phenoxy) is 1. The van der Waals surface area contributed by atoms with Crippen LogP contribution < -0.4 is 11.3 Å². The van der Waals surface area contributed by atoms with Crippen LogP contribution in [0.3, 0.4) is 0 Å². The Kier molecular flexibility index (Phi) is 3.49. The molecule has 0 bridgehead atoms. The van der Waals surface area contributed by atoms with Gasteiger partial charge in [0.05, 0.1) is 6.61 Å². The summed E-state index contributed by atoms with van der Waals surface area (Å²) in [6, 6.07) is 14.6. The highest BCUT2D eigenvalue weighted by molar-refractivity contribution is 5.83. The number of hydrogen-bond acceptors (Lipinski definition) is 3. The summed E-state index contributed by atoms with van der Waals surface area (Å²) in [6.07, 6.45) is 4.27. The van der Waals surface area contributed by atoms with Gasteiger partial charge in [-0.1, -0.05) is 36.4 Å². The first-order chi connectivity index (χ1) is 9.38. The maximum absolute atomic E-state index is 5.72. The minimum atomic E-state index is -0.0649. The minimum absolute atomic E-state index is 0.0649. The number of rotatable bonds is 3. The third kappa shape index (κ3) is 2.48. The van der Waals surface area contributed by atoms with Gasteiger partial charge in [-0.2, -0.15) is 0 Å². The van der Waals surface area contributed by atoms with Gasteiger partial charge in [0.1, 0.15) is 11.8 Å². The van der Waals surface area contributed by atoms with Gasteiger partial charge in [-0.05, 0) is 41.3 Å². The summed E-state index contributed by atoms with van der Waals surface area (Å²) >= 11 is 0. The van der Waals surface area contributed by atoms with Crippen LogP contribution in [0, 0.1) is 0 Å². The lowest BCUT2D eigenvalue weighted by atomic mass is 10.00. The lowest BCUT2D eigenvalue weighted by Crippen LogP contribution is -2.31. The fraction of sp³-hybridized carbons (Fsp3) is 0.250. The third-order valence-corrected chi connectivity index (χ3v) is 3.52. The minimum Gasteiger partial charge on any atom is -0.496 e. The number of hydrogen-bond donors (Lipinski definition) is 2. The fourth-order valence-corrected chi connectivity index (χ4v) is 2.51. The quantitative estimate of drug-likeness (QED) is 0.653. The monoisotopic (exact) mass is 254 g/mol. The van der Waals surface area contributed by atoms with Crippen LogP contribution in [-0.4, -0.2) is 6.61 Å². The van der Waals surface area contributed by atoms with Crippen molar-refractivity contribution in [2.24, 2.45) is 5.84 Å². The Balaban J connectivity index is 1.98. The molecule has 2 aromatic carbocycles. The van der Waals surface area contributed by atoms with Gasteiger partial charge in [0, 0.05) is 0 Å². The van der Waals surface area contributed by atoms with Gasteiger partial charge in [0.2, 0.25) is 0 Å². The number of nitrogens with two attached hydrogens (primary N) is 1. The second-order valence-corrected chi connectivity index (χ2v) is 4.80. The summed E-state index contributed by atoms with van der Waals surface area (Å²) in [7, 11) is 0. The zero-order chi connectivity index (χ0) is 13.1. The highest BCUT2D eigenvalue weighted by atomic mass is 16.5. The van der Waals surface area contributed by atoms with Crippen molar-refractivity contribution in [2.45, 2.75) is 18.9 Å². The molecule has 0 spiro atoms. The molecular formula is C16H18N2O. The lowest BCUT2D eigenvalue weighted by molar-refractivity contribution is 0.168. The van der Waals surface area contributed by atoms with E-state index in [4.69, 9.17) is 10.6 Å². The maximum atomic E-state index is 5.72. The SMILES string of the molecule is NNC(C1=CCCCO1)c1ccc2ccccc2c1. The zero-order valence-corrected chi connectivity index (χ0v) is 10.8. The summed E-state index contributed by atoms with van der Waals surface area (Å²) in [5, 5.41) is 2.46. The fourth-order valence-electron chi connectivity index (χ4n) is 2.51. The van der Waals surface area contributed by atoms with Crippen molar-refractivity contribution in [3.8, 4) is 0 Å². The van der Waals surface area contributed by atoms with Crippen LogP contribution in [-0.2, 0) is 4.74 Å². The molecule has 1 aliphatic rings. The van der Waals surface area contributed by atoms with Crippen LogP contribution in [0.25, 0.3) is 10.8 Å². The van der Waals surface area contributed by atoms with E-state index in [0.29, 0.717) is 0 Å². The maximum Gasteiger partial charge on any atom is 0.115 e. The molecule has 98 valence electrons. The van der Waals surface area contributed by atoms with E-state index in [-0.39, 0.29) is 6.04 Å². The Morgan fingerprint density at radius 3 is 2.68 bits per heavy atom. The first kappa shape index (κ1) is 12.2. The first-order valence-electron chi connectivity index (χ1n) is 6.66. The number of nitrogens with one attached hydrogen (secondary N) is 1. The van der Waals surface area contributed by atoms with Gasteiger partial charge < -0.3 is 4.74 Å². The molecule has 1 unspecified atom stereocenters. The molecule has 0 fully saturated rings. The summed E-state index contributed by atoms with van der Waals surface area (Å²) in [5.41, 5.74) is 3.99. The molecule has 1 heterocycles. The predicted molar refractivity (Wildman–Crippen MR) is 77.3 cm³/mol. The molecule has 1 atom stereocenters. The molecule has 3 rings (SSSR count). The molecule has 0 saturated heterocycles. The topological polar surface area (TPSA) is 47.3 Å². The Morgan fingerprint density at radius 2 is 1.95 bits per heavy atom. The molecule has 0 aliphatic carbocycles. The van der Waals surface area contributed by atoms with E-state index in [1.165, 1.54) is 10.8 Å². The average molecular weight is 254 g/mol. The van der Waals surface area contributed by atoms with Crippen LogP contribution in [0.5, 0.6) is 0 Å². The Morgan fingerprint density at radius 1 is 1.11 bits per heavy atom. The van der Waals surface area contributed by atoms with Gasteiger partial charge in [-0.15, -0.1) is 0 Å². The summed E-state index contributed by atoms with van der Waals surface area (Å²) in [4.78, 5) is 0. The highest BCUT2D eigenvalue weighted by Crippen LogP contribution is 2.27. The number of benzene rings is 2. The van der Waals surface area contributed by atoms with Crippen LogP contribution in [0.15, 0.2) is 54.3 Å². The van der Waals surface area contributed by atoms with Gasteiger partial charge in [0.15, 0.2) is 0 Å². The largest absolute Gasteiger partial charge is 0.496 e. The summed E-state index contributed by atoms with van der Waals surface area (Å²) < 4.78 is 5.72. The van der Waals surface area contributed by atoms with Gasteiger partial charge >= 0.3 is 0 Å². The molecule has 0 aromatic heterocycles. The van der Waals surface area contributed by atoms with Gasteiger partial charge in [-0.3, -0.25) is 5.84 Å². The average Bonchev–Trinajstić information content (AvgIpc) is 2.49. The standard InChI is InChI=1S/C16H18N2O/c17-18-16(15-7-3-4-10-19-15)14-9-8-12-5-1-2-6-13(12)11-14/h1-2,5-9,11,16,18H,3-4,10,17H2. The number of allylic oxidation sites excluding steroid dienone is 1. The Hall–Kier alpha value is -1.84. The van der Waals surface area contributed by atoms with Gasteiger partial charge in [0.25, 0.3) is 0 Å². The van der Waals surface area contributed by atoms with E-state index in [9.17, 15) is 0 Å². The van der Waals surface area contributed by atoms with Crippen molar-refractivity contribution in [1.29, 1.82) is 0 Å². The molecule has 0 radical (unpaired) electrons. The molecule has 3 nitrogen and oxygen atoms in total. The highest BCUT2D eigenvalue weighted by Gasteiger charge is 2.18. The van der Waals surface area contributed by atoms with Crippen molar-refractivity contribution < 1.29 is 4.74 Å². The Labute approximate surface area is 113 Å². The molecule has 3 N–H and O–H groups in total. The molecule has 1 aliphatic heterocycles. The molecule has 0 amide bonds. The van der Waals surface area contributed by atoms with E-state index in [1.807, 2.05) is 12.1 Å². The second kappa shape index (κ2) is 5.43. The zero-order valence-electron chi connectivity index (χ0n) is 10.8. The molecule has 3 heteroatoms. The number of hydrazine groups is 1. The van der Waals surface area contributed by atoms with Crippen molar-refractivity contribution >= 4 is 10.8 Å². The van der Waals surface area contributed by atoms with E-state index in [0.717, 1.165) is 30.8 Å². The van der Waals surface area contributed by atoms with E-state index < -0.39 is 0 Å². The van der Waals surface area contributed by atoms with E-state index >= 15 is 0 Å². The smallest absolute Gasteiger partial charge is 0.115 e. The second-order valence-electron chi connectivity index (χ2n) is 4.80. The van der Waals surface area contributed by atoms with Crippen molar-refractivity contribution in [3.63, 3.8) is 0 Å². The molecular weight excluding hydrogens is 236 g/mol. The molecule has 0 saturated carbocycles. The van der Waals surface area contributed by atoms with Crippen molar-refractivity contribution in [2.75, 3.05) is 6.61 Å². The lowest BCUT2D eigenvalue weighted by Gasteiger charge is -2.23. The van der Waals surface area contributed by atoms with Crippen molar-refractivity contribution in [1.82, 2.24) is 5.43 Å². The van der Waals surface area contributed by atoms with Crippen LogP contribution in [0.1, 0.15) is 24.4 Å². The van der Waals surface area contributed by atoms with E-state index in [1.54, 1.807) is 0 Å². The van der Waals surface area contributed by atoms with E-state index in [2.05, 4.69) is 41.8 Å². The molecule has 2 aromatic rings. The number of fused-ring (bicyclic) bond motifs is 1. The summed E-state index contributed by atoms with van der Waals surface area (Å²) in [6.45, 7) is 0.775. The summed E-state index contributed by atoms with van der Waals surface area (Å²) in [5.74, 6) is 6.64.